The van der Waals surface area contributed by atoms with E-state index in [1.165, 1.54) is 0 Å². The van der Waals surface area contributed by atoms with Crippen LogP contribution in [0, 0.1) is 0 Å². The highest BCUT2D eigenvalue weighted by Crippen LogP contribution is 2.46. The van der Waals surface area contributed by atoms with E-state index in [2.05, 4.69) is 0 Å². The van der Waals surface area contributed by atoms with E-state index in [0.717, 1.165) is 21.9 Å². The molecule has 0 radical (unpaired) electrons. The standard InChI is InChI=1S/C40H24O2/c1-3-11-25(12-4-1)33-24-41-34-21-22-35-39(40(33)34)32-20-19-27(23-36(32)42-35)38-30-17-9-7-15-28(30)37(26-13-5-2-6-14-26)29-16-8-10-18-31(29)38/h1-24H/i2D,5D,6D,7D,8D,9D,10D,13D,14D,15D,16D,17D,18D. The topological polar surface area (TPSA) is 26.3 Å². The van der Waals surface area contributed by atoms with E-state index >= 15 is 0 Å². The molecule has 0 saturated heterocycles. The van der Waals surface area contributed by atoms with Gasteiger partial charge in [0.15, 0.2) is 0 Å². The second-order valence-electron chi connectivity index (χ2n) is 9.89. The molecule has 0 N–H and O–H groups in total. The zero-order valence-electron chi connectivity index (χ0n) is 34.7. The molecule has 9 rings (SSSR count). The summed E-state index contributed by atoms with van der Waals surface area (Å²) in [6, 6.07) is 9.89. The molecule has 2 nitrogen and oxygen atoms in total. The molecule has 0 aliphatic heterocycles. The molecule has 2 heteroatoms. The Morgan fingerprint density at radius 3 is 1.76 bits per heavy atom. The average molecular weight is 550 g/mol. The van der Waals surface area contributed by atoms with E-state index in [4.69, 9.17) is 23.9 Å². The lowest BCUT2D eigenvalue weighted by Crippen LogP contribution is -1.90. The fraction of sp³-hybridized carbons (Fsp3) is 0. The maximum Gasteiger partial charge on any atom is 0.136 e. The molecule has 0 unspecified atom stereocenters. The first-order chi connectivity index (χ1) is 26.2. The smallest absolute Gasteiger partial charge is 0.136 e. The van der Waals surface area contributed by atoms with Crippen molar-refractivity contribution in [2.75, 3.05) is 0 Å². The third kappa shape index (κ3) is 3.33. The average Bonchev–Trinajstić information content (AvgIpc) is 3.80. The second-order valence-corrected chi connectivity index (χ2v) is 9.89. The SMILES string of the molecule is [2H]c1c([2H])c([2H])c(-c2c3c([2H])c([2H])c([2H])c([2H])c3c(-c3ccc4c(c3)oc3ccc5occ(-c6ccccc6)c5c34)c3c([2H])c([2H])c([2H])c([2H])c23)c([2H])c1[2H]. The Morgan fingerprint density at radius 1 is 0.452 bits per heavy atom. The minimum absolute atomic E-state index is 0.0286. The van der Waals surface area contributed by atoms with Gasteiger partial charge in [0.2, 0.25) is 0 Å². The highest BCUT2D eigenvalue weighted by molar-refractivity contribution is 6.24. The van der Waals surface area contributed by atoms with Crippen LogP contribution in [0.2, 0.25) is 0 Å². The lowest BCUT2D eigenvalue weighted by molar-refractivity contribution is 0.616. The van der Waals surface area contributed by atoms with Crippen LogP contribution in [-0.2, 0) is 0 Å². The van der Waals surface area contributed by atoms with Gasteiger partial charge in [0.05, 0.1) is 24.1 Å². The van der Waals surface area contributed by atoms with Gasteiger partial charge < -0.3 is 8.83 Å². The predicted octanol–water partition coefficient (Wildman–Crippen LogP) is 11.6. The molecule has 7 aromatic carbocycles. The molecule has 0 spiro atoms. The molecule has 0 aliphatic rings. The molecule has 0 aliphatic carbocycles. The lowest BCUT2D eigenvalue weighted by atomic mass is 9.86. The third-order valence-electron chi connectivity index (χ3n) is 7.67. The van der Waals surface area contributed by atoms with Crippen molar-refractivity contribution in [1.82, 2.24) is 0 Å². The van der Waals surface area contributed by atoms with Gasteiger partial charge in [0.1, 0.15) is 16.7 Å². The highest BCUT2D eigenvalue weighted by Gasteiger charge is 2.20. The van der Waals surface area contributed by atoms with Crippen molar-refractivity contribution >= 4 is 54.5 Å². The summed E-state index contributed by atoms with van der Waals surface area (Å²) in [7, 11) is 0. The van der Waals surface area contributed by atoms with Crippen molar-refractivity contribution in [1.29, 1.82) is 0 Å². The maximum atomic E-state index is 9.21. The second kappa shape index (κ2) is 8.95. The molecular formula is C40H24O2. The zero-order chi connectivity index (χ0) is 38.9. The van der Waals surface area contributed by atoms with Crippen LogP contribution in [0.5, 0.6) is 0 Å². The Bertz CT molecular complexity index is 3070. The van der Waals surface area contributed by atoms with E-state index in [0.29, 0.717) is 22.1 Å². The van der Waals surface area contributed by atoms with Crippen molar-refractivity contribution in [3.05, 3.63) is 145 Å². The van der Waals surface area contributed by atoms with E-state index in [1.807, 2.05) is 30.3 Å². The normalized spacial score (nSPS) is 16.1. The van der Waals surface area contributed by atoms with Crippen LogP contribution in [0.1, 0.15) is 17.8 Å². The summed E-state index contributed by atoms with van der Waals surface area (Å²) in [5.74, 6) is 0. The first-order valence-electron chi connectivity index (χ1n) is 19.7. The molecule has 9 aromatic rings. The summed E-state index contributed by atoms with van der Waals surface area (Å²) in [6.45, 7) is 0. The van der Waals surface area contributed by atoms with Crippen molar-refractivity contribution in [2.45, 2.75) is 0 Å². The van der Waals surface area contributed by atoms with Crippen molar-refractivity contribution in [3.8, 4) is 33.4 Å². The Kier molecular flexibility index (Phi) is 2.95. The Morgan fingerprint density at radius 2 is 1.07 bits per heavy atom. The van der Waals surface area contributed by atoms with Crippen LogP contribution < -0.4 is 0 Å². The third-order valence-corrected chi connectivity index (χ3v) is 7.67. The molecular weight excluding hydrogens is 512 g/mol. The van der Waals surface area contributed by atoms with Gasteiger partial charge in [-0.3, -0.25) is 0 Å². The molecule has 0 saturated carbocycles. The Hall–Kier alpha value is -5.60. The molecule has 2 heterocycles. The van der Waals surface area contributed by atoms with Crippen LogP contribution in [0.3, 0.4) is 0 Å². The maximum absolute atomic E-state index is 9.21. The molecule has 42 heavy (non-hydrogen) atoms. The summed E-state index contributed by atoms with van der Waals surface area (Å²) in [6.07, 6.45) is 1.68. The van der Waals surface area contributed by atoms with Crippen LogP contribution in [0.15, 0.2) is 154 Å². The fourth-order valence-electron chi connectivity index (χ4n) is 5.92. The molecule has 0 atom stereocenters. The van der Waals surface area contributed by atoms with Crippen molar-refractivity contribution in [2.24, 2.45) is 0 Å². The summed E-state index contributed by atoms with van der Waals surface area (Å²) < 4.78 is 127. The number of hydrogen-bond acceptors (Lipinski definition) is 2. The van der Waals surface area contributed by atoms with Gasteiger partial charge in [-0.05, 0) is 73.6 Å². The minimum atomic E-state index is -0.722. The van der Waals surface area contributed by atoms with E-state index < -0.39 is 84.1 Å². The van der Waals surface area contributed by atoms with Gasteiger partial charge in [-0.1, -0.05) is 115 Å². The highest BCUT2D eigenvalue weighted by atomic mass is 16.3. The van der Waals surface area contributed by atoms with Gasteiger partial charge in [-0.15, -0.1) is 0 Å². The Labute approximate surface area is 260 Å². The van der Waals surface area contributed by atoms with Gasteiger partial charge in [-0.25, -0.2) is 0 Å². The summed E-state index contributed by atoms with van der Waals surface area (Å²) in [4.78, 5) is 0. The molecule has 2 aromatic heterocycles. The Balaban J connectivity index is 1.49. The summed E-state index contributed by atoms with van der Waals surface area (Å²) in [5.41, 5.74) is 2.84. The molecule has 0 fully saturated rings. The van der Waals surface area contributed by atoms with E-state index in [1.54, 1.807) is 36.6 Å². The quantitative estimate of drug-likeness (QED) is 0.205. The first-order valence-corrected chi connectivity index (χ1v) is 13.2. The van der Waals surface area contributed by atoms with Crippen LogP contribution in [0.4, 0.5) is 0 Å². The molecule has 0 amide bonds. The number of rotatable bonds is 3. The number of hydrogen-bond donors (Lipinski definition) is 0. The van der Waals surface area contributed by atoms with Gasteiger partial charge in [-0.2, -0.15) is 0 Å². The summed E-state index contributed by atoms with van der Waals surface area (Å²) in [5, 5.41) is 1.41. The summed E-state index contributed by atoms with van der Waals surface area (Å²) >= 11 is 0. The lowest BCUT2D eigenvalue weighted by Gasteiger charge is -2.17. The largest absolute Gasteiger partial charge is 0.464 e. The van der Waals surface area contributed by atoms with Gasteiger partial charge >= 0.3 is 0 Å². The first kappa shape index (κ1) is 13.8. The monoisotopic (exact) mass is 549 g/mol. The molecule has 0 bridgehead atoms. The van der Waals surface area contributed by atoms with E-state index in [9.17, 15) is 2.74 Å². The number of furan rings is 2. The van der Waals surface area contributed by atoms with Crippen LogP contribution >= 0.6 is 0 Å². The predicted molar refractivity (Wildman–Crippen MR) is 175 cm³/mol. The van der Waals surface area contributed by atoms with Crippen molar-refractivity contribution in [3.63, 3.8) is 0 Å². The minimum Gasteiger partial charge on any atom is -0.464 e. The zero-order valence-corrected chi connectivity index (χ0v) is 21.7. The number of benzene rings is 7. The van der Waals surface area contributed by atoms with Crippen molar-refractivity contribution < 1.29 is 26.7 Å². The van der Waals surface area contributed by atoms with Gasteiger partial charge in [0, 0.05) is 21.7 Å². The van der Waals surface area contributed by atoms with E-state index in [-0.39, 0.29) is 38.2 Å². The molecule has 196 valence electrons. The van der Waals surface area contributed by atoms with Crippen LogP contribution in [0.25, 0.3) is 87.8 Å². The fourth-order valence-corrected chi connectivity index (χ4v) is 5.92. The number of fused-ring (bicyclic) bond motifs is 7. The van der Waals surface area contributed by atoms with Crippen LogP contribution in [-0.4, -0.2) is 0 Å². The van der Waals surface area contributed by atoms with Gasteiger partial charge in [0.25, 0.3) is 0 Å².